The molecular formula is C23H27Cl2FN2O2. The van der Waals surface area contributed by atoms with Gasteiger partial charge in [-0.15, -0.1) is 0 Å². The molecule has 0 spiro atoms. The molecule has 0 saturated carbocycles. The van der Waals surface area contributed by atoms with E-state index in [2.05, 4.69) is 5.32 Å². The lowest BCUT2D eigenvalue weighted by Crippen LogP contribution is -2.50. The molecule has 0 aromatic heterocycles. The molecule has 4 nitrogen and oxygen atoms in total. The van der Waals surface area contributed by atoms with Crippen LogP contribution in [0.4, 0.5) is 4.39 Å². The zero-order valence-electron chi connectivity index (χ0n) is 17.4. The minimum absolute atomic E-state index is 0.0329. The van der Waals surface area contributed by atoms with Crippen molar-refractivity contribution in [3.8, 4) is 0 Å². The monoisotopic (exact) mass is 452 g/mol. The van der Waals surface area contributed by atoms with Gasteiger partial charge in [0.1, 0.15) is 11.9 Å². The molecule has 0 aliphatic carbocycles. The third kappa shape index (κ3) is 6.99. The number of amides is 2. The second-order valence-electron chi connectivity index (χ2n) is 7.62. The summed E-state index contributed by atoms with van der Waals surface area (Å²) in [6.45, 7) is 6.59. The normalized spacial score (nSPS) is 12.0. The van der Waals surface area contributed by atoms with Crippen molar-refractivity contribution >= 4 is 35.0 Å². The van der Waals surface area contributed by atoms with Crippen LogP contribution >= 0.6 is 23.2 Å². The molecule has 0 aliphatic rings. The highest BCUT2D eigenvalue weighted by molar-refractivity contribution is 6.35. The van der Waals surface area contributed by atoms with E-state index in [4.69, 9.17) is 23.2 Å². The molecule has 2 aromatic carbocycles. The van der Waals surface area contributed by atoms with E-state index in [-0.39, 0.29) is 30.6 Å². The zero-order valence-corrected chi connectivity index (χ0v) is 18.9. The highest BCUT2D eigenvalue weighted by Gasteiger charge is 2.29. The van der Waals surface area contributed by atoms with E-state index >= 15 is 0 Å². The molecule has 2 aromatic rings. The van der Waals surface area contributed by atoms with Gasteiger partial charge in [0.2, 0.25) is 11.8 Å². The maximum absolute atomic E-state index is 13.3. The lowest BCUT2D eigenvalue weighted by molar-refractivity contribution is -0.141. The SMILES string of the molecule is CCC(C(=O)NCC(C)C)N(Cc1ccc(F)cc1)C(=O)Cc1ccc(Cl)cc1Cl. The lowest BCUT2D eigenvalue weighted by atomic mass is 10.1. The Morgan fingerprint density at radius 3 is 2.33 bits per heavy atom. The van der Waals surface area contributed by atoms with Crippen molar-refractivity contribution in [1.29, 1.82) is 0 Å². The number of nitrogens with zero attached hydrogens (tertiary/aromatic N) is 1. The number of carbonyl (C=O) groups is 2. The third-order valence-corrected chi connectivity index (χ3v) is 5.28. The Morgan fingerprint density at radius 2 is 1.77 bits per heavy atom. The first-order valence-electron chi connectivity index (χ1n) is 9.96. The predicted molar refractivity (Wildman–Crippen MR) is 119 cm³/mol. The van der Waals surface area contributed by atoms with Gasteiger partial charge < -0.3 is 10.2 Å². The van der Waals surface area contributed by atoms with Crippen LogP contribution in [0.3, 0.4) is 0 Å². The standard InChI is InChI=1S/C23H27Cl2FN2O2/c1-4-21(23(30)27-13-15(2)3)28(14-16-5-9-19(26)10-6-16)22(29)11-17-7-8-18(24)12-20(17)25/h5-10,12,15,21H,4,11,13-14H2,1-3H3,(H,27,30). The fraction of sp³-hybridized carbons (Fsp3) is 0.391. The van der Waals surface area contributed by atoms with E-state index in [1.54, 1.807) is 30.3 Å². The second kappa shape index (κ2) is 11.3. The van der Waals surface area contributed by atoms with Gasteiger partial charge in [-0.05, 0) is 47.7 Å². The first kappa shape index (κ1) is 24.2. The molecule has 1 N–H and O–H groups in total. The molecule has 2 amide bonds. The molecule has 1 unspecified atom stereocenters. The number of rotatable bonds is 9. The van der Waals surface area contributed by atoms with Crippen LogP contribution in [0.5, 0.6) is 0 Å². The maximum atomic E-state index is 13.3. The number of benzene rings is 2. The van der Waals surface area contributed by atoms with Gasteiger partial charge in [-0.2, -0.15) is 0 Å². The van der Waals surface area contributed by atoms with Crippen LogP contribution in [-0.4, -0.2) is 29.3 Å². The summed E-state index contributed by atoms with van der Waals surface area (Å²) in [4.78, 5) is 27.6. The van der Waals surface area contributed by atoms with E-state index in [1.807, 2.05) is 20.8 Å². The summed E-state index contributed by atoms with van der Waals surface area (Å²) >= 11 is 12.2. The Labute approximate surface area is 187 Å². The number of hydrogen-bond acceptors (Lipinski definition) is 2. The molecule has 0 saturated heterocycles. The Hall–Kier alpha value is -2.11. The number of carbonyl (C=O) groups excluding carboxylic acids is 2. The van der Waals surface area contributed by atoms with E-state index in [1.165, 1.54) is 17.0 Å². The fourth-order valence-electron chi connectivity index (χ4n) is 3.06. The van der Waals surface area contributed by atoms with E-state index < -0.39 is 6.04 Å². The van der Waals surface area contributed by atoms with E-state index in [0.29, 0.717) is 34.5 Å². The van der Waals surface area contributed by atoms with Gasteiger partial charge in [0.25, 0.3) is 0 Å². The Kier molecular flexibility index (Phi) is 9.12. The van der Waals surface area contributed by atoms with Gasteiger partial charge in [0.15, 0.2) is 0 Å². The van der Waals surface area contributed by atoms with Crippen LogP contribution in [0.15, 0.2) is 42.5 Å². The van der Waals surface area contributed by atoms with E-state index in [9.17, 15) is 14.0 Å². The van der Waals surface area contributed by atoms with Gasteiger partial charge in [-0.1, -0.05) is 62.2 Å². The van der Waals surface area contributed by atoms with Crippen molar-refractivity contribution in [2.75, 3.05) is 6.54 Å². The van der Waals surface area contributed by atoms with Crippen molar-refractivity contribution in [2.45, 2.75) is 46.2 Å². The average Bonchev–Trinajstić information content (AvgIpc) is 2.69. The van der Waals surface area contributed by atoms with Gasteiger partial charge in [0, 0.05) is 23.1 Å². The number of hydrogen-bond donors (Lipinski definition) is 1. The second-order valence-corrected chi connectivity index (χ2v) is 8.47. The van der Waals surface area contributed by atoms with Crippen LogP contribution < -0.4 is 5.32 Å². The van der Waals surface area contributed by atoms with Crippen molar-refractivity contribution in [1.82, 2.24) is 10.2 Å². The average molecular weight is 453 g/mol. The summed E-state index contributed by atoms with van der Waals surface area (Å²) < 4.78 is 13.3. The highest BCUT2D eigenvalue weighted by Crippen LogP contribution is 2.23. The third-order valence-electron chi connectivity index (χ3n) is 4.69. The van der Waals surface area contributed by atoms with Crippen LogP contribution in [0.25, 0.3) is 0 Å². The van der Waals surface area contributed by atoms with Gasteiger partial charge in [0.05, 0.1) is 6.42 Å². The van der Waals surface area contributed by atoms with Crippen molar-refractivity contribution in [2.24, 2.45) is 5.92 Å². The summed E-state index contributed by atoms with van der Waals surface area (Å²) in [5, 5.41) is 3.79. The Bertz CT molecular complexity index is 872. The van der Waals surface area contributed by atoms with Crippen molar-refractivity contribution in [3.05, 3.63) is 69.5 Å². The molecule has 30 heavy (non-hydrogen) atoms. The Balaban J connectivity index is 2.29. The number of nitrogens with one attached hydrogen (secondary N) is 1. The van der Waals surface area contributed by atoms with Crippen LogP contribution in [0, 0.1) is 11.7 Å². The highest BCUT2D eigenvalue weighted by atomic mass is 35.5. The summed E-state index contributed by atoms with van der Waals surface area (Å²) in [5.41, 5.74) is 1.37. The molecule has 1 atom stereocenters. The summed E-state index contributed by atoms with van der Waals surface area (Å²) in [6.07, 6.45) is 0.483. The lowest BCUT2D eigenvalue weighted by Gasteiger charge is -2.31. The molecule has 0 heterocycles. The minimum atomic E-state index is -0.646. The quantitative estimate of drug-likeness (QED) is 0.564. The zero-order chi connectivity index (χ0) is 22.3. The summed E-state index contributed by atoms with van der Waals surface area (Å²) in [5.74, 6) is -0.508. The van der Waals surface area contributed by atoms with Crippen LogP contribution in [0.1, 0.15) is 38.3 Å². The molecule has 0 aliphatic heterocycles. The van der Waals surface area contributed by atoms with E-state index in [0.717, 1.165) is 5.56 Å². The van der Waals surface area contributed by atoms with Gasteiger partial charge >= 0.3 is 0 Å². The summed E-state index contributed by atoms with van der Waals surface area (Å²) in [6, 6.07) is 10.2. The van der Waals surface area contributed by atoms with Crippen LogP contribution in [0.2, 0.25) is 10.0 Å². The molecule has 0 fully saturated rings. The van der Waals surface area contributed by atoms with Crippen LogP contribution in [-0.2, 0) is 22.6 Å². The minimum Gasteiger partial charge on any atom is -0.354 e. The maximum Gasteiger partial charge on any atom is 0.242 e. The summed E-state index contributed by atoms with van der Waals surface area (Å²) in [7, 11) is 0. The molecule has 2 rings (SSSR count). The first-order chi connectivity index (χ1) is 14.2. The van der Waals surface area contributed by atoms with Crippen molar-refractivity contribution in [3.63, 3.8) is 0 Å². The smallest absolute Gasteiger partial charge is 0.242 e. The largest absolute Gasteiger partial charge is 0.354 e. The van der Waals surface area contributed by atoms with Gasteiger partial charge in [-0.3, -0.25) is 9.59 Å². The molecule has 0 bridgehead atoms. The molecule has 162 valence electrons. The molecule has 7 heteroatoms. The first-order valence-corrected chi connectivity index (χ1v) is 10.7. The van der Waals surface area contributed by atoms with Crippen molar-refractivity contribution < 1.29 is 14.0 Å². The predicted octanol–water partition coefficient (Wildman–Crippen LogP) is 5.25. The fourth-order valence-corrected chi connectivity index (χ4v) is 3.53. The topological polar surface area (TPSA) is 49.4 Å². The molecular weight excluding hydrogens is 426 g/mol. The van der Waals surface area contributed by atoms with Gasteiger partial charge in [-0.25, -0.2) is 4.39 Å². The molecule has 0 radical (unpaired) electrons. The Morgan fingerprint density at radius 1 is 1.10 bits per heavy atom. The number of halogens is 3.